The second kappa shape index (κ2) is 9.92. The number of aryl methyl sites for hydroxylation is 1. The van der Waals surface area contributed by atoms with Crippen LogP contribution in [0.3, 0.4) is 0 Å². The van der Waals surface area contributed by atoms with E-state index in [0.717, 1.165) is 29.4 Å². The summed E-state index contributed by atoms with van der Waals surface area (Å²) in [6.45, 7) is 4.31. The highest BCUT2D eigenvalue weighted by atomic mass is 79.9. The Bertz CT molecular complexity index is 547. The summed E-state index contributed by atoms with van der Waals surface area (Å²) in [7, 11) is 0. The van der Waals surface area contributed by atoms with Gasteiger partial charge in [0.2, 0.25) is 0 Å². The molecule has 132 valence electrons. The van der Waals surface area contributed by atoms with E-state index < -0.39 is 0 Å². The first-order valence-electron chi connectivity index (χ1n) is 8.76. The second-order valence-electron chi connectivity index (χ2n) is 6.66. The number of carbonyl (C=O) groups excluding carboxylic acids is 2. The molecule has 0 radical (unpaired) electrons. The molecule has 1 aromatic rings. The van der Waals surface area contributed by atoms with Crippen molar-refractivity contribution < 1.29 is 9.59 Å². The Morgan fingerprint density at radius 1 is 1.12 bits per heavy atom. The molecule has 1 saturated carbocycles. The molecule has 24 heavy (non-hydrogen) atoms. The van der Waals surface area contributed by atoms with Gasteiger partial charge in [0.15, 0.2) is 0 Å². The van der Waals surface area contributed by atoms with Gasteiger partial charge in [-0.15, -0.1) is 0 Å². The van der Waals surface area contributed by atoms with Gasteiger partial charge >= 0.3 is 6.15 Å². The van der Waals surface area contributed by atoms with Gasteiger partial charge in [0.05, 0.1) is 4.47 Å². The van der Waals surface area contributed by atoms with Crippen molar-refractivity contribution in [2.45, 2.75) is 64.0 Å². The van der Waals surface area contributed by atoms with Gasteiger partial charge in [0, 0.05) is 31.4 Å². The van der Waals surface area contributed by atoms with Crippen LogP contribution in [-0.4, -0.2) is 36.3 Å². The van der Waals surface area contributed by atoms with Gasteiger partial charge in [-0.2, -0.15) is 9.59 Å². The van der Waals surface area contributed by atoms with Crippen molar-refractivity contribution >= 4 is 27.9 Å². The van der Waals surface area contributed by atoms with Crippen LogP contribution in [-0.2, 0) is 9.59 Å². The standard InChI is InChI=1S/C17H26BrN3.CO2/c1-13-11-16(18)17(19-12-13)21-9-7-15(8-10-21)20-14-5-3-2-4-6-14;2-1-3/h11-12,14-15,20H,2-10H2,1H3;. The van der Waals surface area contributed by atoms with Crippen molar-refractivity contribution in [2.75, 3.05) is 18.0 Å². The summed E-state index contributed by atoms with van der Waals surface area (Å²) >= 11 is 3.66. The maximum atomic E-state index is 8.12. The fourth-order valence-electron chi connectivity index (χ4n) is 3.62. The van der Waals surface area contributed by atoms with E-state index in [4.69, 9.17) is 9.59 Å². The van der Waals surface area contributed by atoms with E-state index in [1.807, 2.05) is 6.20 Å². The summed E-state index contributed by atoms with van der Waals surface area (Å²) in [5.41, 5.74) is 1.21. The maximum absolute atomic E-state index is 8.12. The van der Waals surface area contributed by atoms with E-state index in [1.165, 1.54) is 50.5 Å². The van der Waals surface area contributed by atoms with Crippen LogP contribution < -0.4 is 10.2 Å². The Balaban J connectivity index is 0.000000647. The number of nitrogens with zero attached hydrogens (tertiary/aromatic N) is 2. The second-order valence-corrected chi connectivity index (χ2v) is 7.52. The molecule has 0 amide bonds. The monoisotopic (exact) mass is 395 g/mol. The van der Waals surface area contributed by atoms with Gasteiger partial charge in [-0.1, -0.05) is 19.3 Å². The first kappa shape index (κ1) is 19.1. The van der Waals surface area contributed by atoms with E-state index >= 15 is 0 Å². The third-order valence-electron chi connectivity index (χ3n) is 4.83. The van der Waals surface area contributed by atoms with Gasteiger partial charge < -0.3 is 10.2 Å². The molecule has 1 aliphatic heterocycles. The predicted molar refractivity (Wildman–Crippen MR) is 96.9 cm³/mol. The Morgan fingerprint density at radius 3 is 2.29 bits per heavy atom. The minimum absolute atomic E-state index is 0.250. The van der Waals surface area contributed by atoms with Crippen molar-refractivity contribution in [1.82, 2.24) is 10.3 Å². The zero-order valence-corrected chi connectivity index (χ0v) is 15.8. The summed E-state index contributed by atoms with van der Waals surface area (Å²) in [5.74, 6) is 1.11. The lowest BCUT2D eigenvalue weighted by molar-refractivity contribution is -0.191. The Hall–Kier alpha value is -1.23. The van der Waals surface area contributed by atoms with Crippen LogP contribution in [0.15, 0.2) is 16.7 Å². The highest BCUT2D eigenvalue weighted by Crippen LogP contribution is 2.27. The molecule has 6 heteroatoms. The van der Waals surface area contributed by atoms with E-state index in [2.05, 4.69) is 44.1 Å². The molecule has 0 spiro atoms. The molecule has 0 aromatic carbocycles. The molecule has 1 N–H and O–H groups in total. The third kappa shape index (κ3) is 5.69. The first-order chi connectivity index (χ1) is 11.6. The van der Waals surface area contributed by atoms with Gasteiger partial charge in [0.25, 0.3) is 0 Å². The van der Waals surface area contributed by atoms with Gasteiger partial charge in [0.1, 0.15) is 5.82 Å². The number of anilines is 1. The number of piperidine rings is 1. The van der Waals surface area contributed by atoms with Crippen molar-refractivity contribution in [3.63, 3.8) is 0 Å². The smallest absolute Gasteiger partial charge is 0.356 e. The van der Waals surface area contributed by atoms with Gasteiger partial charge in [-0.3, -0.25) is 0 Å². The normalized spacial score (nSPS) is 19.3. The predicted octanol–water partition coefficient (Wildman–Crippen LogP) is 3.46. The van der Waals surface area contributed by atoms with Crippen LogP contribution in [0.1, 0.15) is 50.5 Å². The highest BCUT2D eigenvalue weighted by Gasteiger charge is 2.24. The maximum Gasteiger partial charge on any atom is 0.373 e. The minimum atomic E-state index is 0.250. The summed E-state index contributed by atoms with van der Waals surface area (Å²) in [4.78, 5) is 23.3. The fourth-order valence-corrected chi connectivity index (χ4v) is 4.33. The van der Waals surface area contributed by atoms with Crippen molar-refractivity contribution in [3.05, 3.63) is 22.3 Å². The number of halogens is 1. The van der Waals surface area contributed by atoms with E-state index in [-0.39, 0.29) is 6.15 Å². The van der Waals surface area contributed by atoms with Crippen LogP contribution in [0.4, 0.5) is 5.82 Å². The van der Waals surface area contributed by atoms with E-state index in [0.29, 0.717) is 6.04 Å². The molecule has 5 nitrogen and oxygen atoms in total. The Morgan fingerprint density at radius 2 is 1.71 bits per heavy atom. The average Bonchev–Trinajstić information content (AvgIpc) is 2.58. The molecule has 0 unspecified atom stereocenters. The number of rotatable bonds is 3. The summed E-state index contributed by atoms with van der Waals surface area (Å²) in [6, 6.07) is 3.64. The number of aromatic nitrogens is 1. The minimum Gasteiger partial charge on any atom is -0.356 e. The summed E-state index contributed by atoms with van der Waals surface area (Å²) in [6.07, 6.45) is 11.7. The lowest BCUT2D eigenvalue weighted by atomic mass is 9.93. The van der Waals surface area contributed by atoms with Crippen LogP contribution >= 0.6 is 15.9 Å². The van der Waals surface area contributed by atoms with E-state index in [9.17, 15) is 0 Å². The van der Waals surface area contributed by atoms with Crippen LogP contribution in [0, 0.1) is 6.92 Å². The van der Waals surface area contributed by atoms with Gasteiger partial charge in [-0.05, 0) is 60.2 Å². The lowest BCUT2D eigenvalue weighted by Crippen LogP contribution is -2.47. The molecular formula is C18H26BrN3O2. The molecule has 2 aliphatic rings. The summed E-state index contributed by atoms with van der Waals surface area (Å²) in [5, 5.41) is 3.89. The lowest BCUT2D eigenvalue weighted by Gasteiger charge is -2.36. The quantitative estimate of drug-likeness (QED) is 0.848. The number of pyridine rings is 1. The van der Waals surface area contributed by atoms with Crippen LogP contribution in [0.2, 0.25) is 0 Å². The highest BCUT2D eigenvalue weighted by molar-refractivity contribution is 9.10. The zero-order valence-electron chi connectivity index (χ0n) is 14.3. The largest absolute Gasteiger partial charge is 0.373 e. The Kier molecular flexibility index (Phi) is 7.89. The van der Waals surface area contributed by atoms with Crippen molar-refractivity contribution in [1.29, 1.82) is 0 Å². The summed E-state index contributed by atoms with van der Waals surface area (Å²) < 4.78 is 1.13. The van der Waals surface area contributed by atoms with Crippen LogP contribution in [0.25, 0.3) is 0 Å². The molecule has 2 fully saturated rings. The molecular weight excluding hydrogens is 370 g/mol. The molecule has 1 aliphatic carbocycles. The number of nitrogens with one attached hydrogen (secondary N) is 1. The van der Waals surface area contributed by atoms with Gasteiger partial charge in [-0.25, -0.2) is 4.98 Å². The Labute approximate surface area is 152 Å². The number of hydrogen-bond donors (Lipinski definition) is 1. The molecule has 1 saturated heterocycles. The SMILES string of the molecule is Cc1cnc(N2CCC(NC3CCCCC3)CC2)c(Br)c1.O=C=O. The molecule has 1 aromatic heterocycles. The molecule has 3 rings (SSSR count). The fraction of sp³-hybridized carbons (Fsp3) is 0.667. The molecule has 0 bridgehead atoms. The first-order valence-corrected chi connectivity index (χ1v) is 9.55. The zero-order chi connectivity index (χ0) is 17.4. The van der Waals surface area contributed by atoms with Crippen molar-refractivity contribution in [3.8, 4) is 0 Å². The van der Waals surface area contributed by atoms with E-state index in [1.54, 1.807) is 0 Å². The van der Waals surface area contributed by atoms with Crippen molar-refractivity contribution in [2.24, 2.45) is 0 Å². The third-order valence-corrected chi connectivity index (χ3v) is 5.41. The average molecular weight is 396 g/mol. The van der Waals surface area contributed by atoms with Crippen LogP contribution in [0.5, 0.6) is 0 Å². The molecule has 0 atom stereocenters. The molecule has 2 heterocycles. The topological polar surface area (TPSA) is 62.3 Å². The number of hydrogen-bond acceptors (Lipinski definition) is 5.